The molecule has 0 unspecified atom stereocenters. The summed E-state index contributed by atoms with van der Waals surface area (Å²) in [5.74, 6) is -0.456. The molecule has 1 aliphatic heterocycles. The second-order valence-corrected chi connectivity index (χ2v) is 5.11. The lowest BCUT2D eigenvalue weighted by Gasteiger charge is -1.99. The molecule has 0 spiro atoms. The molecule has 1 heterocycles. The Hall–Kier alpha value is -2.65. The van der Waals surface area contributed by atoms with Crippen molar-refractivity contribution in [1.29, 1.82) is 0 Å². The molecule has 0 saturated carbocycles. The predicted octanol–water partition coefficient (Wildman–Crippen LogP) is 4.24. The number of benzene rings is 2. The van der Waals surface area contributed by atoms with Gasteiger partial charge < -0.3 is 4.84 Å². The van der Waals surface area contributed by atoms with Crippen molar-refractivity contribution in [2.45, 2.75) is 0 Å². The summed E-state index contributed by atoms with van der Waals surface area (Å²) in [4.78, 5) is 16.6. The van der Waals surface area contributed by atoms with Crippen LogP contribution in [0.15, 0.2) is 77.5 Å². The molecule has 0 aromatic heterocycles. The first-order chi connectivity index (χ1) is 10.7. The Morgan fingerprint density at radius 2 is 1.73 bits per heavy atom. The molecule has 0 atom stereocenters. The van der Waals surface area contributed by atoms with Gasteiger partial charge in [-0.05, 0) is 23.8 Å². The van der Waals surface area contributed by atoms with Crippen LogP contribution in [0, 0.1) is 0 Å². The first kappa shape index (κ1) is 14.3. The van der Waals surface area contributed by atoms with Crippen LogP contribution in [-0.4, -0.2) is 11.7 Å². The fraction of sp³-hybridized carbons (Fsp3) is 0. The number of oxime groups is 1. The van der Waals surface area contributed by atoms with Gasteiger partial charge in [-0.1, -0.05) is 71.4 Å². The Labute approximate surface area is 133 Å². The lowest BCUT2D eigenvalue weighted by Crippen LogP contribution is -2.06. The second kappa shape index (κ2) is 6.41. The summed E-state index contributed by atoms with van der Waals surface area (Å²) in [6, 6.07) is 16.9. The van der Waals surface area contributed by atoms with Crippen molar-refractivity contribution in [3.05, 3.63) is 88.5 Å². The fourth-order valence-electron chi connectivity index (χ4n) is 2.06. The molecule has 0 N–H and O–H groups in total. The number of hydrogen-bond acceptors (Lipinski definition) is 3. The van der Waals surface area contributed by atoms with Crippen LogP contribution < -0.4 is 0 Å². The van der Waals surface area contributed by atoms with Gasteiger partial charge in [0.1, 0.15) is 5.71 Å². The van der Waals surface area contributed by atoms with E-state index in [1.54, 1.807) is 30.3 Å². The van der Waals surface area contributed by atoms with E-state index < -0.39 is 5.97 Å². The minimum Gasteiger partial charge on any atom is -0.312 e. The van der Waals surface area contributed by atoms with E-state index in [1.165, 1.54) is 0 Å². The third-order valence-corrected chi connectivity index (χ3v) is 3.42. The van der Waals surface area contributed by atoms with Gasteiger partial charge in [0.25, 0.3) is 0 Å². The standard InChI is InChI=1S/C18H12ClNO2/c19-15-11-9-14(10-12-15)17-16(18(21)22-20-17)8-4-7-13-5-2-1-3-6-13/h1-12H. The Kier molecular flexibility index (Phi) is 4.17. The smallest absolute Gasteiger partial charge is 0.312 e. The summed E-state index contributed by atoms with van der Waals surface area (Å²) in [5.41, 5.74) is 2.78. The highest BCUT2D eigenvalue weighted by Crippen LogP contribution is 2.20. The molecule has 0 fully saturated rings. The van der Waals surface area contributed by atoms with Gasteiger partial charge in [0.15, 0.2) is 0 Å². The van der Waals surface area contributed by atoms with E-state index in [9.17, 15) is 4.79 Å². The monoisotopic (exact) mass is 309 g/mol. The van der Waals surface area contributed by atoms with Gasteiger partial charge in [0.2, 0.25) is 0 Å². The van der Waals surface area contributed by atoms with Crippen molar-refractivity contribution in [3.63, 3.8) is 0 Å². The highest BCUT2D eigenvalue weighted by atomic mass is 35.5. The zero-order valence-electron chi connectivity index (χ0n) is 11.6. The summed E-state index contributed by atoms with van der Waals surface area (Å²) in [5, 5.41) is 4.47. The van der Waals surface area contributed by atoms with Gasteiger partial charge in [-0.3, -0.25) is 0 Å². The minimum absolute atomic E-state index is 0.425. The van der Waals surface area contributed by atoms with Gasteiger partial charge in [-0.15, -0.1) is 0 Å². The Morgan fingerprint density at radius 3 is 2.45 bits per heavy atom. The molecule has 1 aliphatic rings. The highest BCUT2D eigenvalue weighted by molar-refractivity contribution is 6.31. The quantitative estimate of drug-likeness (QED) is 0.628. The fourth-order valence-corrected chi connectivity index (χ4v) is 2.19. The SMILES string of the molecule is O=C1ON=C(c2ccc(Cl)cc2)C1=CC=Cc1ccccc1. The van der Waals surface area contributed by atoms with E-state index in [-0.39, 0.29) is 0 Å². The number of halogens is 1. The van der Waals surface area contributed by atoms with E-state index in [0.29, 0.717) is 16.3 Å². The number of carbonyl (C=O) groups is 1. The molecule has 2 aromatic carbocycles. The molecule has 3 nitrogen and oxygen atoms in total. The largest absolute Gasteiger partial charge is 0.368 e. The van der Waals surface area contributed by atoms with E-state index >= 15 is 0 Å². The maximum absolute atomic E-state index is 11.8. The molecule has 22 heavy (non-hydrogen) atoms. The molecule has 0 saturated heterocycles. The molecular weight excluding hydrogens is 298 g/mol. The Balaban J connectivity index is 1.86. The average molecular weight is 310 g/mol. The van der Waals surface area contributed by atoms with E-state index in [0.717, 1.165) is 11.1 Å². The van der Waals surface area contributed by atoms with Crippen molar-refractivity contribution in [1.82, 2.24) is 0 Å². The van der Waals surface area contributed by atoms with Crippen molar-refractivity contribution >= 4 is 29.4 Å². The van der Waals surface area contributed by atoms with Gasteiger partial charge in [0, 0.05) is 10.6 Å². The molecule has 108 valence electrons. The predicted molar refractivity (Wildman–Crippen MR) is 87.6 cm³/mol. The van der Waals surface area contributed by atoms with Crippen molar-refractivity contribution in [2.75, 3.05) is 0 Å². The maximum atomic E-state index is 11.8. The van der Waals surface area contributed by atoms with Crippen LogP contribution in [0.25, 0.3) is 6.08 Å². The summed E-state index contributed by atoms with van der Waals surface area (Å²) < 4.78 is 0. The average Bonchev–Trinajstić information content (AvgIpc) is 2.90. The lowest BCUT2D eigenvalue weighted by molar-refractivity contribution is -0.136. The van der Waals surface area contributed by atoms with Gasteiger partial charge in [0.05, 0.1) is 5.57 Å². The van der Waals surface area contributed by atoms with Crippen molar-refractivity contribution in [3.8, 4) is 0 Å². The summed E-state index contributed by atoms with van der Waals surface area (Å²) >= 11 is 5.87. The van der Waals surface area contributed by atoms with Crippen LogP contribution in [-0.2, 0) is 9.63 Å². The van der Waals surface area contributed by atoms with Crippen LogP contribution in [0.3, 0.4) is 0 Å². The molecule has 0 radical (unpaired) electrons. The van der Waals surface area contributed by atoms with E-state index in [1.807, 2.05) is 42.5 Å². The topological polar surface area (TPSA) is 38.7 Å². The van der Waals surface area contributed by atoms with Crippen LogP contribution >= 0.6 is 11.6 Å². The van der Waals surface area contributed by atoms with E-state index in [4.69, 9.17) is 16.4 Å². The van der Waals surface area contributed by atoms with E-state index in [2.05, 4.69) is 5.16 Å². The molecule has 0 aliphatic carbocycles. The summed E-state index contributed by atoms with van der Waals surface area (Å²) in [6.07, 6.45) is 5.43. The van der Waals surface area contributed by atoms with Crippen molar-refractivity contribution in [2.24, 2.45) is 5.16 Å². The third kappa shape index (κ3) is 3.15. The zero-order valence-corrected chi connectivity index (χ0v) is 12.3. The first-order valence-corrected chi connectivity index (χ1v) is 7.11. The van der Waals surface area contributed by atoms with Crippen molar-refractivity contribution < 1.29 is 9.63 Å². The minimum atomic E-state index is -0.456. The first-order valence-electron chi connectivity index (χ1n) is 6.73. The lowest BCUT2D eigenvalue weighted by atomic mass is 10.0. The van der Waals surface area contributed by atoms with Gasteiger partial charge in [-0.25, -0.2) is 4.79 Å². The van der Waals surface area contributed by atoms with Gasteiger partial charge in [-0.2, -0.15) is 0 Å². The maximum Gasteiger partial charge on any atom is 0.368 e. The normalized spacial score (nSPS) is 16.1. The molecule has 0 amide bonds. The second-order valence-electron chi connectivity index (χ2n) is 4.68. The van der Waals surface area contributed by atoms with Crippen LogP contribution in [0.5, 0.6) is 0 Å². The third-order valence-electron chi connectivity index (χ3n) is 3.16. The molecular formula is C18H12ClNO2. The molecule has 4 heteroatoms. The number of nitrogens with zero attached hydrogens (tertiary/aromatic N) is 1. The van der Waals surface area contributed by atoms with Crippen LogP contribution in [0.1, 0.15) is 11.1 Å². The highest BCUT2D eigenvalue weighted by Gasteiger charge is 2.25. The zero-order chi connectivity index (χ0) is 15.4. The Morgan fingerprint density at radius 1 is 1.00 bits per heavy atom. The summed E-state index contributed by atoms with van der Waals surface area (Å²) in [6.45, 7) is 0. The van der Waals surface area contributed by atoms with Gasteiger partial charge >= 0.3 is 5.97 Å². The van der Waals surface area contributed by atoms with Crippen LogP contribution in [0.2, 0.25) is 5.02 Å². The molecule has 2 aromatic rings. The number of allylic oxidation sites excluding steroid dienone is 2. The molecule has 0 bridgehead atoms. The number of rotatable bonds is 3. The molecule has 3 rings (SSSR count). The number of hydrogen-bond donors (Lipinski definition) is 0. The van der Waals surface area contributed by atoms with Crippen LogP contribution in [0.4, 0.5) is 0 Å². The number of carbonyl (C=O) groups excluding carboxylic acids is 1. The summed E-state index contributed by atoms with van der Waals surface area (Å²) in [7, 11) is 0. The Bertz CT molecular complexity index is 774.